The van der Waals surface area contributed by atoms with Crippen LogP contribution in [0.4, 0.5) is 4.79 Å². The van der Waals surface area contributed by atoms with Gasteiger partial charge in [-0.05, 0) is 6.07 Å². The first-order valence-electron chi connectivity index (χ1n) is 3.50. The highest BCUT2D eigenvalue weighted by Crippen LogP contribution is 1.88. The molecular weight excluding hydrogens is 160 g/mol. The molecule has 0 radical (unpaired) electrons. The van der Waals surface area contributed by atoms with E-state index in [1.54, 1.807) is 13.2 Å². The van der Waals surface area contributed by atoms with Crippen LogP contribution in [0.15, 0.2) is 18.5 Å². The molecule has 0 aromatic carbocycles. The summed E-state index contributed by atoms with van der Waals surface area (Å²) < 4.78 is 10.6. The molecule has 1 heterocycles. The van der Waals surface area contributed by atoms with Crippen LogP contribution in [0.5, 0.6) is 0 Å². The minimum atomic E-state index is -0.489. The molecule has 5 heteroatoms. The monoisotopic (exact) mass is 170 g/mol. The Morgan fingerprint density at radius 1 is 1.58 bits per heavy atom. The molecule has 0 saturated heterocycles. The summed E-state index contributed by atoms with van der Waals surface area (Å²) in [7, 11) is 1.54. The first-order chi connectivity index (χ1) is 5.84. The number of carbonyl (C=O) groups excluding carboxylic acids is 1. The average Bonchev–Trinajstić information content (AvgIpc) is 2.56. The minimum absolute atomic E-state index is 0.245. The van der Waals surface area contributed by atoms with Crippen LogP contribution in [0.3, 0.4) is 0 Å². The third kappa shape index (κ3) is 2.35. The standard InChI is InChI=1S/C7H10N2O3/c1-11-5-6-12-7(10)9-4-2-3-8-9/h2-4H,5-6H2,1H3. The van der Waals surface area contributed by atoms with Crippen molar-refractivity contribution in [3.63, 3.8) is 0 Å². The van der Waals surface area contributed by atoms with E-state index in [9.17, 15) is 4.79 Å². The van der Waals surface area contributed by atoms with Gasteiger partial charge in [-0.2, -0.15) is 9.78 Å². The zero-order chi connectivity index (χ0) is 8.81. The van der Waals surface area contributed by atoms with E-state index in [2.05, 4.69) is 5.10 Å². The van der Waals surface area contributed by atoms with Gasteiger partial charge in [0.2, 0.25) is 0 Å². The Kier molecular flexibility index (Phi) is 3.28. The van der Waals surface area contributed by atoms with Crippen molar-refractivity contribution in [3.8, 4) is 0 Å². The Bertz CT molecular complexity index is 233. The van der Waals surface area contributed by atoms with Crippen LogP contribution in [0.2, 0.25) is 0 Å². The molecule has 1 aromatic heterocycles. The SMILES string of the molecule is COCCOC(=O)n1cccn1. The maximum absolute atomic E-state index is 11.0. The molecule has 0 unspecified atom stereocenters. The highest BCUT2D eigenvalue weighted by Gasteiger charge is 2.03. The zero-order valence-corrected chi connectivity index (χ0v) is 6.77. The topological polar surface area (TPSA) is 53.4 Å². The quantitative estimate of drug-likeness (QED) is 0.620. The van der Waals surface area contributed by atoms with Gasteiger partial charge in [-0.3, -0.25) is 0 Å². The number of aromatic nitrogens is 2. The lowest BCUT2D eigenvalue weighted by Crippen LogP contribution is -2.16. The second-order valence-electron chi connectivity index (χ2n) is 2.06. The molecule has 0 aliphatic rings. The fourth-order valence-electron chi connectivity index (χ4n) is 0.655. The number of hydrogen-bond donors (Lipinski definition) is 0. The van der Waals surface area contributed by atoms with Gasteiger partial charge < -0.3 is 9.47 Å². The lowest BCUT2D eigenvalue weighted by Gasteiger charge is -2.02. The molecule has 0 N–H and O–H groups in total. The van der Waals surface area contributed by atoms with E-state index in [1.807, 2.05) is 0 Å². The van der Waals surface area contributed by atoms with Gasteiger partial charge in [0.25, 0.3) is 0 Å². The van der Waals surface area contributed by atoms with Crippen LogP contribution in [0.25, 0.3) is 0 Å². The predicted molar refractivity (Wildman–Crippen MR) is 40.8 cm³/mol. The summed E-state index contributed by atoms with van der Waals surface area (Å²) in [5.74, 6) is 0. The highest BCUT2D eigenvalue weighted by atomic mass is 16.6. The average molecular weight is 170 g/mol. The fourth-order valence-corrected chi connectivity index (χ4v) is 0.655. The molecule has 0 spiro atoms. The van der Waals surface area contributed by atoms with E-state index in [4.69, 9.17) is 9.47 Å². The molecule has 5 nitrogen and oxygen atoms in total. The Balaban J connectivity index is 2.30. The smallest absolute Gasteiger partial charge is 0.434 e. The van der Waals surface area contributed by atoms with Crippen molar-refractivity contribution in [2.45, 2.75) is 0 Å². The number of rotatable bonds is 3. The molecule has 0 saturated carbocycles. The van der Waals surface area contributed by atoms with E-state index < -0.39 is 6.09 Å². The molecule has 12 heavy (non-hydrogen) atoms. The second-order valence-corrected chi connectivity index (χ2v) is 2.06. The van der Waals surface area contributed by atoms with E-state index in [1.165, 1.54) is 12.4 Å². The first-order valence-corrected chi connectivity index (χ1v) is 3.50. The summed E-state index contributed by atoms with van der Waals surface area (Å²) in [4.78, 5) is 11.0. The molecular formula is C7H10N2O3. The van der Waals surface area contributed by atoms with Crippen LogP contribution in [-0.2, 0) is 9.47 Å². The molecule has 0 atom stereocenters. The molecule has 1 rings (SSSR count). The van der Waals surface area contributed by atoms with Crippen molar-refractivity contribution in [2.24, 2.45) is 0 Å². The van der Waals surface area contributed by atoms with Gasteiger partial charge in [0, 0.05) is 19.5 Å². The lowest BCUT2D eigenvalue weighted by molar-refractivity contribution is 0.0975. The largest absolute Gasteiger partial charge is 0.445 e. The van der Waals surface area contributed by atoms with Crippen molar-refractivity contribution in [1.29, 1.82) is 0 Å². The Labute approximate surface area is 69.9 Å². The number of methoxy groups -OCH3 is 1. The Hall–Kier alpha value is -1.36. The summed E-state index contributed by atoms with van der Waals surface area (Å²) >= 11 is 0. The van der Waals surface area contributed by atoms with E-state index in [-0.39, 0.29) is 6.61 Å². The van der Waals surface area contributed by atoms with E-state index in [0.29, 0.717) is 6.61 Å². The van der Waals surface area contributed by atoms with Gasteiger partial charge in [0.1, 0.15) is 6.61 Å². The van der Waals surface area contributed by atoms with Crippen LogP contribution in [0, 0.1) is 0 Å². The number of nitrogens with zero attached hydrogens (tertiary/aromatic N) is 2. The fraction of sp³-hybridized carbons (Fsp3) is 0.429. The Morgan fingerprint density at radius 2 is 2.42 bits per heavy atom. The van der Waals surface area contributed by atoms with Gasteiger partial charge in [-0.1, -0.05) is 0 Å². The molecule has 1 aromatic rings. The van der Waals surface area contributed by atoms with Crippen LogP contribution < -0.4 is 0 Å². The van der Waals surface area contributed by atoms with E-state index >= 15 is 0 Å². The molecule has 0 fully saturated rings. The third-order valence-electron chi connectivity index (χ3n) is 1.20. The number of carbonyl (C=O) groups is 1. The first kappa shape index (κ1) is 8.73. The van der Waals surface area contributed by atoms with Gasteiger partial charge in [-0.15, -0.1) is 0 Å². The summed E-state index contributed by atoms with van der Waals surface area (Å²) in [6.07, 6.45) is 2.55. The van der Waals surface area contributed by atoms with Crippen LogP contribution in [0.1, 0.15) is 0 Å². The number of hydrogen-bond acceptors (Lipinski definition) is 4. The summed E-state index contributed by atoms with van der Waals surface area (Å²) in [6, 6.07) is 1.65. The maximum Gasteiger partial charge on any atom is 0.434 e. The van der Waals surface area contributed by atoms with Crippen molar-refractivity contribution in [2.75, 3.05) is 20.3 Å². The van der Waals surface area contributed by atoms with Gasteiger partial charge in [0.05, 0.1) is 6.61 Å². The van der Waals surface area contributed by atoms with Crippen molar-refractivity contribution in [3.05, 3.63) is 18.5 Å². The molecule has 0 bridgehead atoms. The molecule has 0 aliphatic carbocycles. The number of ether oxygens (including phenoxy) is 2. The summed E-state index contributed by atoms with van der Waals surface area (Å²) in [6.45, 7) is 0.641. The highest BCUT2D eigenvalue weighted by molar-refractivity contribution is 5.68. The summed E-state index contributed by atoms with van der Waals surface area (Å²) in [5, 5.41) is 3.70. The van der Waals surface area contributed by atoms with Crippen molar-refractivity contribution >= 4 is 6.09 Å². The third-order valence-corrected chi connectivity index (χ3v) is 1.20. The molecule has 66 valence electrons. The van der Waals surface area contributed by atoms with Crippen LogP contribution >= 0.6 is 0 Å². The van der Waals surface area contributed by atoms with Gasteiger partial charge in [0.15, 0.2) is 0 Å². The zero-order valence-electron chi connectivity index (χ0n) is 6.77. The van der Waals surface area contributed by atoms with E-state index in [0.717, 1.165) is 4.68 Å². The maximum atomic E-state index is 11.0. The van der Waals surface area contributed by atoms with Crippen LogP contribution in [-0.4, -0.2) is 36.2 Å². The van der Waals surface area contributed by atoms with Gasteiger partial charge >= 0.3 is 6.09 Å². The van der Waals surface area contributed by atoms with Crippen molar-refractivity contribution < 1.29 is 14.3 Å². The molecule has 0 amide bonds. The minimum Gasteiger partial charge on any atom is -0.445 e. The normalized spacial score (nSPS) is 9.75. The Morgan fingerprint density at radius 3 is 3.00 bits per heavy atom. The van der Waals surface area contributed by atoms with Crippen molar-refractivity contribution in [1.82, 2.24) is 9.78 Å². The lowest BCUT2D eigenvalue weighted by atomic mass is 10.7. The second kappa shape index (κ2) is 4.50. The van der Waals surface area contributed by atoms with Gasteiger partial charge in [-0.25, -0.2) is 4.79 Å². The summed E-state index contributed by atoms with van der Waals surface area (Å²) in [5.41, 5.74) is 0. The predicted octanol–water partition coefficient (Wildman–Crippen LogP) is 0.514. The molecule has 0 aliphatic heterocycles.